The zero-order chi connectivity index (χ0) is 18.8. The van der Waals surface area contributed by atoms with Crippen LogP contribution in [0.5, 0.6) is 0 Å². The maximum atomic E-state index is 11.6. The van der Waals surface area contributed by atoms with E-state index in [0.29, 0.717) is 12.7 Å². The Morgan fingerprint density at radius 1 is 0.923 bits per heavy atom. The van der Waals surface area contributed by atoms with Gasteiger partial charge in [-0.1, -0.05) is 6.58 Å². The van der Waals surface area contributed by atoms with Crippen LogP contribution in [0.4, 0.5) is 0 Å². The van der Waals surface area contributed by atoms with Gasteiger partial charge in [-0.3, -0.25) is 4.79 Å². The third-order valence-electron chi connectivity index (χ3n) is 6.00. The lowest BCUT2D eigenvalue weighted by Gasteiger charge is -2.37. The molecule has 0 unspecified atom stereocenters. The van der Waals surface area contributed by atoms with Crippen molar-refractivity contribution in [3.63, 3.8) is 0 Å². The molecule has 148 valence electrons. The fourth-order valence-corrected chi connectivity index (χ4v) is 4.41. The summed E-state index contributed by atoms with van der Waals surface area (Å²) in [6, 6.07) is 0. The molecule has 0 atom stereocenters. The molecule has 5 heteroatoms. The van der Waals surface area contributed by atoms with Crippen LogP contribution in [0.25, 0.3) is 0 Å². The Labute approximate surface area is 157 Å². The van der Waals surface area contributed by atoms with E-state index in [9.17, 15) is 9.59 Å². The van der Waals surface area contributed by atoms with Gasteiger partial charge in [0.2, 0.25) is 0 Å². The Morgan fingerprint density at radius 2 is 1.50 bits per heavy atom. The van der Waals surface area contributed by atoms with Crippen LogP contribution in [0.3, 0.4) is 0 Å². The molecule has 2 fully saturated rings. The van der Waals surface area contributed by atoms with Crippen LogP contribution >= 0.6 is 0 Å². The largest absolute Gasteiger partial charge is 0.469 e. The van der Waals surface area contributed by atoms with Gasteiger partial charge in [0.15, 0.2) is 0 Å². The van der Waals surface area contributed by atoms with Gasteiger partial charge in [-0.2, -0.15) is 0 Å². The molecule has 2 aliphatic carbocycles. The van der Waals surface area contributed by atoms with Crippen molar-refractivity contribution in [3.05, 3.63) is 12.7 Å². The maximum absolute atomic E-state index is 11.6. The van der Waals surface area contributed by atoms with Crippen molar-refractivity contribution >= 4 is 11.9 Å². The highest BCUT2D eigenvalue weighted by Gasteiger charge is 2.33. The molecule has 2 rings (SSSR count). The monoisotopic (exact) mass is 366 g/mol. The molecule has 26 heavy (non-hydrogen) atoms. The summed E-state index contributed by atoms with van der Waals surface area (Å²) >= 11 is 0. The van der Waals surface area contributed by atoms with Gasteiger partial charge < -0.3 is 14.2 Å². The van der Waals surface area contributed by atoms with Crippen molar-refractivity contribution in [2.75, 3.05) is 20.3 Å². The summed E-state index contributed by atoms with van der Waals surface area (Å²) in [7, 11) is 1.49. The summed E-state index contributed by atoms with van der Waals surface area (Å²) < 4.78 is 15.8. The molecular weight excluding hydrogens is 332 g/mol. The van der Waals surface area contributed by atoms with Crippen molar-refractivity contribution in [3.8, 4) is 0 Å². The first kappa shape index (κ1) is 20.9. The lowest BCUT2D eigenvalue weighted by molar-refractivity contribution is -0.147. The van der Waals surface area contributed by atoms with Crippen LogP contribution < -0.4 is 0 Å². The second kappa shape index (κ2) is 11.4. The molecule has 0 aromatic rings. The van der Waals surface area contributed by atoms with Crippen molar-refractivity contribution in [2.45, 2.75) is 70.3 Å². The second-order valence-electron chi connectivity index (χ2n) is 7.62. The predicted molar refractivity (Wildman–Crippen MR) is 99.6 cm³/mol. The summed E-state index contributed by atoms with van der Waals surface area (Å²) in [4.78, 5) is 22.6. The molecule has 2 saturated carbocycles. The van der Waals surface area contributed by atoms with E-state index in [2.05, 4.69) is 6.58 Å². The van der Waals surface area contributed by atoms with Gasteiger partial charge in [-0.15, -0.1) is 0 Å². The molecule has 0 spiro atoms. The van der Waals surface area contributed by atoms with Crippen LogP contribution in [-0.2, 0) is 23.8 Å². The van der Waals surface area contributed by atoms with Crippen LogP contribution in [0.1, 0.15) is 64.2 Å². The lowest BCUT2D eigenvalue weighted by Crippen LogP contribution is -2.30. The number of carbonyl (C=O) groups is 2. The zero-order valence-corrected chi connectivity index (χ0v) is 16.1. The Kier molecular flexibility index (Phi) is 9.16. The van der Waals surface area contributed by atoms with Gasteiger partial charge in [0, 0.05) is 12.7 Å². The van der Waals surface area contributed by atoms with Gasteiger partial charge in [-0.25, -0.2) is 4.79 Å². The molecule has 0 bridgehead atoms. The number of methoxy groups -OCH3 is 1. The molecule has 0 heterocycles. The lowest BCUT2D eigenvalue weighted by atomic mass is 9.70. The Hall–Kier alpha value is -1.36. The van der Waals surface area contributed by atoms with Gasteiger partial charge in [0.25, 0.3) is 0 Å². The molecule has 0 aromatic heterocycles. The number of unbranched alkanes of at least 4 members (excludes halogenated alkanes) is 1. The van der Waals surface area contributed by atoms with E-state index in [-0.39, 0.29) is 17.9 Å². The summed E-state index contributed by atoms with van der Waals surface area (Å²) in [5.74, 6) is 1.31. The van der Waals surface area contributed by atoms with E-state index in [0.717, 1.165) is 57.0 Å². The van der Waals surface area contributed by atoms with E-state index in [4.69, 9.17) is 14.2 Å². The average Bonchev–Trinajstić information content (AvgIpc) is 2.70. The Morgan fingerprint density at radius 3 is 2.08 bits per heavy atom. The van der Waals surface area contributed by atoms with E-state index < -0.39 is 0 Å². The molecule has 0 saturated heterocycles. The van der Waals surface area contributed by atoms with Gasteiger partial charge in [-0.05, 0) is 76.0 Å². The topological polar surface area (TPSA) is 61.8 Å². The van der Waals surface area contributed by atoms with Crippen molar-refractivity contribution in [1.82, 2.24) is 0 Å². The molecule has 0 radical (unpaired) electrons. The zero-order valence-electron chi connectivity index (χ0n) is 16.1. The van der Waals surface area contributed by atoms with Crippen molar-refractivity contribution in [1.29, 1.82) is 0 Å². The minimum atomic E-state index is -0.357. The van der Waals surface area contributed by atoms with E-state index in [1.807, 2.05) is 0 Å². The minimum Gasteiger partial charge on any atom is -0.469 e. The molecule has 0 amide bonds. The number of esters is 2. The fourth-order valence-electron chi connectivity index (χ4n) is 4.41. The average molecular weight is 366 g/mol. The van der Waals surface area contributed by atoms with Gasteiger partial charge in [0.1, 0.15) is 0 Å². The standard InChI is InChI=1S/C21H34O5/c1-3-20(22)26-15-5-4-14-25-19-12-10-17(11-13-19)16-6-8-18(9-7-16)21(23)24-2/h3,16-19H,1,4-15H2,2H3. The highest BCUT2D eigenvalue weighted by molar-refractivity contribution is 5.81. The third-order valence-corrected chi connectivity index (χ3v) is 6.00. The fraction of sp³-hybridized carbons (Fsp3) is 0.810. The number of hydrogen-bond donors (Lipinski definition) is 0. The van der Waals surface area contributed by atoms with Crippen LogP contribution in [-0.4, -0.2) is 38.4 Å². The first-order valence-corrected chi connectivity index (χ1v) is 10.1. The molecule has 2 aliphatic rings. The smallest absolute Gasteiger partial charge is 0.330 e. The third kappa shape index (κ3) is 6.75. The number of hydrogen-bond acceptors (Lipinski definition) is 5. The minimum absolute atomic E-state index is 0.0279. The SMILES string of the molecule is C=CC(=O)OCCCCOC1CCC(C2CCC(C(=O)OC)CC2)CC1. The molecule has 5 nitrogen and oxygen atoms in total. The van der Waals surface area contributed by atoms with E-state index >= 15 is 0 Å². The first-order chi connectivity index (χ1) is 12.6. The summed E-state index contributed by atoms with van der Waals surface area (Å²) in [5.41, 5.74) is 0. The molecular formula is C21H34O5. The molecule has 0 aliphatic heterocycles. The van der Waals surface area contributed by atoms with Crippen LogP contribution in [0.15, 0.2) is 12.7 Å². The Balaban J connectivity index is 1.53. The number of rotatable bonds is 9. The first-order valence-electron chi connectivity index (χ1n) is 10.1. The van der Waals surface area contributed by atoms with E-state index in [1.165, 1.54) is 38.9 Å². The van der Waals surface area contributed by atoms with E-state index in [1.54, 1.807) is 0 Å². The molecule has 0 aromatic carbocycles. The van der Waals surface area contributed by atoms with Crippen LogP contribution in [0.2, 0.25) is 0 Å². The predicted octanol–water partition coefficient (Wildman–Crippen LogP) is 4.05. The van der Waals surface area contributed by atoms with Crippen molar-refractivity contribution in [2.24, 2.45) is 17.8 Å². The number of ether oxygens (including phenoxy) is 3. The summed E-state index contributed by atoms with van der Waals surface area (Å²) in [6.45, 7) is 4.55. The summed E-state index contributed by atoms with van der Waals surface area (Å²) in [5, 5.41) is 0. The van der Waals surface area contributed by atoms with Gasteiger partial charge in [0.05, 0.1) is 25.7 Å². The van der Waals surface area contributed by atoms with Gasteiger partial charge >= 0.3 is 11.9 Å². The van der Waals surface area contributed by atoms with Crippen molar-refractivity contribution < 1.29 is 23.8 Å². The summed E-state index contributed by atoms with van der Waals surface area (Å²) in [6.07, 6.45) is 12.4. The molecule has 0 N–H and O–H groups in total. The Bertz CT molecular complexity index is 445. The maximum Gasteiger partial charge on any atom is 0.330 e. The van der Waals surface area contributed by atoms with Crippen LogP contribution in [0, 0.1) is 17.8 Å². The highest BCUT2D eigenvalue weighted by Crippen LogP contribution is 2.40. The highest BCUT2D eigenvalue weighted by atomic mass is 16.5. The second-order valence-corrected chi connectivity index (χ2v) is 7.62. The number of carbonyl (C=O) groups excluding carboxylic acids is 2. The quantitative estimate of drug-likeness (QED) is 0.350. The normalized spacial score (nSPS) is 29.0.